The molecule has 2 N–H and O–H groups in total. The molecule has 0 heterocycles. The van der Waals surface area contributed by atoms with Crippen molar-refractivity contribution in [3.63, 3.8) is 0 Å². The van der Waals surface area contributed by atoms with Crippen molar-refractivity contribution >= 4 is 0 Å². The summed E-state index contributed by atoms with van der Waals surface area (Å²) in [4.78, 5) is 0. The van der Waals surface area contributed by atoms with E-state index >= 15 is 0 Å². The molecule has 0 spiro atoms. The molecule has 0 amide bonds. The highest BCUT2D eigenvalue weighted by molar-refractivity contribution is 4.50. The van der Waals surface area contributed by atoms with E-state index in [1.54, 1.807) is 0 Å². The Morgan fingerprint density at radius 3 is 2.21 bits per heavy atom. The SMILES string of the molecule is CCC(COCOCO)OCOCO. The highest BCUT2D eigenvalue weighted by Gasteiger charge is 2.06. The van der Waals surface area contributed by atoms with Crippen molar-refractivity contribution in [3.8, 4) is 0 Å². The summed E-state index contributed by atoms with van der Waals surface area (Å²) in [5.74, 6) is 0. The zero-order chi connectivity index (χ0) is 10.6. The van der Waals surface area contributed by atoms with Crippen LogP contribution < -0.4 is 0 Å². The molecule has 0 aromatic rings. The molecule has 0 aliphatic heterocycles. The molecule has 0 radical (unpaired) electrons. The molecule has 0 aliphatic rings. The fourth-order valence-electron chi connectivity index (χ4n) is 0.741. The van der Waals surface area contributed by atoms with Gasteiger partial charge in [0, 0.05) is 0 Å². The standard InChI is InChI=1S/C8H18O6/c1-2-8(14-7-13-5-10)3-11-6-12-4-9/h8-10H,2-7H2,1H3. The number of aliphatic hydroxyl groups excluding tert-OH is 2. The largest absolute Gasteiger partial charge is 0.371 e. The number of hydrogen-bond donors (Lipinski definition) is 2. The highest BCUT2D eigenvalue weighted by Crippen LogP contribution is 1.99. The molecule has 0 bridgehead atoms. The molecule has 0 aromatic carbocycles. The van der Waals surface area contributed by atoms with E-state index in [0.29, 0.717) is 6.61 Å². The van der Waals surface area contributed by atoms with Gasteiger partial charge in [-0.2, -0.15) is 0 Å². The van der Waals surface area contributed by atoms with Crippen LogP contribution in [0.2, 0.25) is 0 Å². The van der Waals surface area contributed by atoms with Gasteiger partial charge in [0.15, 0.2) is 0 Å². The molecule has 1 unspecified atom stereocenters. The third kappa shape index (κ3) is 8.36. The highest BCUT2D eigenvalue weighted by atomic mass is 16.7. The Hall–Kier alpha value is -0.240. The molecule has 0 saturated heterocycles. The second kappa shape index (κ2) is 10.8. The van der Waals surface area contributed by atoms with E-state index in [4.69, 9.17) is 19.7 Å². The van der Waals surface area contributed by atoms with E-state index in [-0.39, 0.29) is 33.3 Å². The van der Waals surface area contributed by atoms with Gasteiger partial charge in [-0.3, -0.25) is 0 Å². The van der Waals surface area contributed by atoms with Crippen LogP contribution in [0.5, 0.6) is 0 Å². The molecule has 0 saturated carbocycles. The van der Waals surface area contributed by atoms with Gasteiger partial charge in [0.05, 0.1) is 12.7 Å². The maximum Gasteiger partial charge on any atom is 0.150 e. The summed E-state index contributed by atoms with van der Waals surface area (Å²) in [7, 11) is 0. The second-order valence-electron chi connectivity index (χ2n) is 2.47. The fraction of sp³-hybridized carbons (Fsp3) is 1.00. The smallest absolute Gasteiger partial charge is 0.150 e. The van der Waals surface area contributed by atoms with E-state index in [0.717, 1.165) is 6.42 Å². The monoisotopic (exact) mass is 210 g/mol. The predicted molar refractivity (Wildman–Crippen MR) is 47.2 cm³/mol. The fourth-order valence-corrected chi connectivity index (χ4v) is 0.741. The van der Waals surface area contributed by atoms with Crippen LogP contribution in [0, 0.1) is 0 Å². The Labute approximate surface area is 83.3 Å². The molecule has 6 heteroatoms. The first-order valence-electron chi connectivity index (χ1n) is 4.41. The molecule has 14 heavy (non-hydrogen) atoms. The molecule has 0 rings (SSSR count). The summed E-state index contributed by atoms with van der Waals surface area (Å²) in [6, 6.07) is 0. The van der Waals surface area contributed by atoms with Crippen LogP contribution in [0.4, 0.5) is 0 Å². The van der Waals surface area contributed by atoms with Gasteiger partial charge in [0.1, 0.15) is 27.2 Å². The van der Waals surface area contributed by atoms with Gasteiger partial charge in [0.25, 0.3) is 0 Å². The number of hydrogen-bond acceptors (Lipinski definition) is 6. The molecule has 86 valence electrons. The number of rotatable bonds is 10. The van der Waals surface area contributed by atoms with E-state index in [2.05, 4.69) is 9.47 Å². The Kier molecular flexibility index (Phi) is 10.7. The lowest BCUT2D eigenvalue weighted by atomic mass is 10.3. The molecule has 0 fully saturated rings. The average Bonchev–Trinajstić information content (AvgIpc) is 2.22. The third-order valence-corrected chi connectivity index (χ3v) is 1.50. The molecule has 6 nitrogen and oxygen atoms in total. The Bertz CT molecular complexity index is 110. The van der Waals surface area contributed by atoms with Gasteiger partial charge >= 0.3 is 0 Å². The first kappa shape index (κ1) is 13.8. The molecular formula is C8H18O6. The van der Waals surface area contributed by atoms with Gasteiger partial charge in [-0.05, 0) is 6.42 Å². The first-order valence-corrected chi connectivity index (χ1v) is 4.41. The summed E-state index contributed by atoms with van der Waals surface area (Å²) in [5.41, 5.74) is 0. The summed E-state index contributed by atoms with van der Waals surface area (Å²) in [5, 5.41) is 16.6. The van der Waals surface area contributed by atoms with Crippen LogP contribution in [0.25, 0.3) is 0 Å². The maximum absolute atomic E-state index is 8.32. The van der Waals surface area contributed by atoms with Crippen molar-refractivity contribution in [3.05, 3.63) is 0 Å². The van der Waals surface area contributed by atoms with Gasteiger partial charge in [0.2, 0.25) is 0 Å². The van der Waals surface area contributed by atoms with Gasteiger partial charge < -0.3 is 29.2 Å². The molecule has 1 atom stereocenters. The molecule has 0 aromatic heterocycles. The zero-order valence-corrected chi connectivity index (χ0v) is 8.35. The average molecular weight is 210 g/mol. The Morgan fingerprint density at radius 1 is 1.00 bits per heavy atom. The van der Waals surface area contributed by atoms with Crippen molar-refractivity contribution in [2.75, 3.05) is 33.8 Å². The van der Waals surface area contributed by atoms with Crippen LogP contribution in [0.1, 0.15) is 13.3 Å². The van der Waals surface area contributed by atoms with Crippen LogP contribution in [-0.4, -0.2) is 50.1 Å². The van der Waals surface area contributed by atoms with Gasteiger partial charge in [-0.1, -0.05) is 6.92 Å². The summed E-state index contributed by atoms with van der Waals surface area (Å²) in [6.07, 6.45) is 0.678. The zero-order valence-electron chi connectivity index (χ0n) is 8.35. The van der Waals surface area contributed by atoms with Crippen LogP contribution >= 0.6 is 0 Å². The molecular weight excluding hydrogens is 192 g/mol. The minimum Gasteiger partial charge on any atom is -0.371 e. The lowest BCUT2D eigenvalue weighted by molar-refractivity contribution is -0.164. The minimum atomic E-state index is -0.356. The summed E-state index contributed by atoms with van der Waals surface area (Å²) < 4.78 is 19.4. The van der Waals surface area contributed by atoms with Crippen LogP contribution in [-0.2, 0) is 18.9 Å². The minimum absolute atomic E-state index is 0.0389. The first-order chi connectivity index (χ1) is 6.85. The maximum atomic E-state index is 8.32. The van der Waals surface area contributed by atoms with Crippen molar-refractivity contribution in [1.82, 2.24) is 0 Å². The number of aliphatic hydroxyl groups is 2. The van der Waals surface area contributed by atoms with Crippen LogP contribution in [0.15, 0.2) is 0 Å². The van der Waals surface area contributed by atoms with Crippen LogP contribution in [0.3, 0.4) is 0 Å². The van der Waals surface area contributed by atoms with E-state index in [1.165, 1.54) is 0 Å². The van der Waals surface area contributed by atoms with Crippen molar-refractivity contribution in [2.45, 2.75) is 19.4 Å². The van der Waals surface area contributed by atoms with Crippen molar-refractivity contribution < 1.29 is 29.2 Å². The third-order valence-electron chi connectivity index (χ3n) is 1.50. The summed E-state index contributed by atoms with van der Waals surface area (Å²) >= 11 is 0. The van der Waals surface area contributed by atoms with E-state index in [1.807, 2.05) is 6.92 Å². The Morgan fingerprint density at radius 2 is 1.64 bits per heavy atom. The molecule has 0 aliphatic carbocycles. The van der Waals surface area contributed by atoms with E-state index in [9.17, 15) is 0 Å². The Balaban J connectivity index is 3.28. The topological polar surface area (TPSA) is 77.4 Å². The van der Waals surface area contributed by atoms with Gasteiger partial charge in [-0.25, -0.2) is 0 Å². The van der Waals surface area contributed by atoms with Crippen molar-refractivity contribution in [1.29, 1.82) is 0 Å². The lowest BCUT2D eigenvalue weighted by Gasteiger charge is -2.15. The number of ether oxygens (including phenoxy) is 4. The normalized spacial score (nSPS) is 13.1. The predicted octanol–water partition coefficient (Wildman–Crippen LogP) is -0.354. The quantitative estimate of drug-likeness (QED) is 0.379. The summed E-state index contributed by atoms with van der Waals surface area (Å²) in [6.45, 7) is 1.68. The second-order valence-corrected chi connectivity index (χ2v) is 2.47. The van der Waals surface area contributed by atoms with E-state index < -0.39 is 0 Å². The van der Waals surface area contributed by atoms with Gasteiger partial charge in [-0.15, -0.1) is 0 Å². The lowest BCUT2D eigenvalue weighted by Crippen LogP contribution is -2.21. The van der Waals surface area contributed by atoms with Crippen molar-refractivity contribution in [2.24, 2.45) is 0 Å².